The monoisotopic (exact) mass is 163 g/mol. The fraction of sp³-hybridized carbons (Fsp3) is 0.286. The van der Waals surface area contributed by atoms with Gasteiger partial charge in [-0.05, 0) is 0 Å². The van der Waals surface area contributed by atoms with Crippen molar-refractivity contribution in [3.05, 3.63) is 17.5 Å². The van der Waals surface area contributed by atoms with Crippen molar-refractivity contribution in [1.82, 2.24) is 14.9 Å². The Morgan fingerprint density at radius 3 is 3.17 bits per heavy atom. The van der Waals surface area contributed by atoms with Gasteiger partial charge in [0.25, 0.3) is 0 Å². The van der Waals surface area contributed by atoms with Gasteiger partial charge in [0.1, 0.15) is 0 Å². The van der Waals surface area contributed by atoms with E-state index in [0.29, 0.717) is 13.1 Å². The van der Waals surface area contributed by atoms with Gasteiger partial charge in [0, 0.05) is 18.3 Å². The van der Waals surface area contributed by atoms with Crippen LogP contribution in [-0.2, 0) is 17.9 Å². The van der Waals surface area contributed by atoms with Crippen LogP contribution in [0.2, 0.25) is 0 Å². The minimum atomic E-state index is 0.251. The summed E-state index contributed by atoms with van der Waals surface area (Å²) in [4.78, 5) is 19.6. The van der Waals surface area contributed by atoms with E-state index in [0.717, 1.165) is 11.3 Å². The minimum Gasteiger partial charge on any atom is -0.368 e. The van der Waals surface area contributed by atoms with Crippen LogP contribution in [0.1, 0.15) is 11.3 Å². The molecule has 5 heteroatoms. The van der Waals surface area contributed by atoms with Gasteiger partial charge < -0.3 is 10.6 Å². The normalized spacial score (nSPS) is 14.5. The molecule has 61 valence electrons. The van der Waals surface area contributed by atoms with Gasteiger partial charge in [-0.3, -0.25) is 4.79 Å². The van der Waals surface area contributed by atoms with E-state index in [4.69, 9.17) is 5.73 Å². The van der Waals surface area contributed by atoms with Crippen molar-refractivity contribution in [2.75, 3.05) is 5.73 Å². The third-order valence-electron chi connectivity index (χ3n) is 1.80. The summed E-state index contributed by atoms with van der Waals surface area (Å²) < 4.78 is 0. The van der Waals surface area contributed by atoms with Gasteiger partial charge in [-0.2, -0.15) is 0 Å². The third-order valence-corrected chi connectivity index (χ3v) is 1.80. The molecule has 0 saturated carbocycles. The summed E-state index contributed by atoms with van der Waals surface area (Å²) in [6, 6.07) is 0. The first kappa shape index (κ1) is 7.02. The van der Waals surface area contributed by atoms with E-state index in [-0.39, 0.29) is 5.95 Å². The van der Waals surface area contributed by atoms with E-state index >= 15 is 0 Å². The maximum atomic E-state index is 10.3. The van der Waals surface area contributed by atoms with E-state index in [1.54, 1.807) is 12.6 Å². The second kappa shape index (κ2) is 2.44. The van der Waals surface area contributed by atoms with Crippen LogP contribution in [-0.4, -0.2) is 21.3 Å². The maximum Gasteiger partial charge on any atom is 0.312 e. The Hall–Kier alpha value is -1.65. The Bertz CT molecular complexity index is 325. The molecule has 0 saturated heterocycles. The van der Waals surface area contributed by atoms with Crippen molar-refractivity contribution in [2.45, 2.75) is 13.1 Å². The molecule has 0 unspecified atom stereocenters. The highest BCUT2D eigenvalue weighted by Gasteiger charge is 2.19. The quantitative estimate of drug-likeness (QED) is 0.602. The molecule has 12 heavy (non-hydrogen) atoms. The fourth-order valence-electron chi connectivity index (χ4n) is 1.23. The van der Waals surface area contributed by atoms with Crippen LogP contribution in [0.4, 0.5) is 5.95 Å². The number of amides is 1. The first-order chi connectivity index (χ1) is 5.79. The number of fused-ring (bicyclic) bond motifs is 1. The molecule has 5 nitrogen and oxygen atoms in total. The molecule has 0 spiro atoms. The van der Waals surface area contributed by atoms with Crippen LogP contribution in [0.15, 0.2) is 6.20 Å². The summed E-state index contributed by atoms with van der Waals surface area (Å²) in [5, 5.41) is 0. The molecule has 2 N–H and O–H groups in total. The Morgan fingerprint density at radius 2 is 2.42 bits per heavy atom. The lowest BCUT2D eigenvalue weighted by Crippen LogP contribution is -2.12. The summed E-state index contributed by atoms with van der Waals surface area (Å²) in [6.07, 6.45) is 3.45. The highest BCUT2D eigenvalue weighted by atomic mass is 16.1. The molecule has 0 atom stereocenters. The first-order valence-electron chi connectivity index (χ1n) is 3.52. The number of hydrogen-bond acceptors (Lipinski definition) is 4. The van der Waals surface area contributed by atoms with Gasteiger partial charge in [0.05, 0.1) is 12.2 Å². The van der Waals surface area contributed by atoms with Crippen molar-refractivity contribution in [2.24, 2.45) is 0 Å². The molecule has 1 aliphatic heterocycles. The van der Waals surface area contributed by atoms with Crippen molar-refractivity contribution in [1.29, 1.82) is 0 Å². The van der Waals surface area contributed by atoms with Crippen LogP contribution in [0, 0.1) is 0 Å². The maximum absolute atomic E-state index is 10.3. The molecule has 0 aromatic carbocycles. The van der Waals surface area contributed by atoms with Gasteiger partial charge in [-0.25, -0.2) is 9.97 Å². The number of rotatable bonds is 1. The highest BCUT2D eigenvalue weighted by Crippen LogP contribution is 2.18. The number of nitrogen functional groups attached to an aromatic ring is 1. The second-order valence-corrected chi connectivity index (χ2v) is 2.65. The zero-order chi connectivity index (χ0) is 8.55. The highest BCUT2D eigenvalue weighted by molar-refractivity contribution is 5.50. The lowest BCUT2D eigenvalue weighted by molar-refractivity contribution is 0.394. The Balaban J connectivity index is 2.35. The molecule has 1 aromatic rings. The van der Waals surface area contributed by atoms with Crippen LogP contribution in [0.3, 0.4) is 0 Å². The van der Waals surface area contributed by atoms with Gasteiger partial charge in [-0.15, -0.1) is 0 Å². The smallest absolute Gasteiger partial charge is 0.312 e. The fourth-order valence-corrected chi connectivity index (χ4v) is 1.23. The number of nitrogens with two attached hydrogens (primary N) is 1. The topological polar surface area (TPSA) is 72.1 Å². The molecule has 1 amide bonds. The molecule has 0 aliphatic carbocycles. The molecule has 1 radical (unpaired) electrons. The number of carbonyl (C=O) groups excluding carboxylic acids is 1. The lowest BCUT2D eigenvalue weighted by atomic mass is 10.3. The van der Waals surface area contributed by atoms with E-state index in [1.807, 2.05) is 0 Å². The van der Waals surface area contributed by atoms with E-state index in [2.05, 4.69) is 9.97 Å². The molecular weight excluding hydrogens is 156 g/mol. The Labute approximate surface area is 69.2 Å². The van der Waals surface area contributed by atoms with Crippen LogP contribution in [0.5, 0.6) is 0 Å². The summed E-state index contributed by atoms with van der Waals surface area (Å²) in [5.41, 5.74) is 7.15. The minimum absolute atomic E-state index is 0.251. The van der Waals surface area contributed by atoms with Crippen LogP contribution >= 0.6 is 0 Å². The lowest BCUT2D eigenvalue weighted by Gasteiger charge is -2.01. The van der Waals surface area contributed by atoms with Crippen LogP contribution in [0.25, 0.3) is 0 Å². The van der Waals surface area contributed by atoms with Gasteiger partial charge >= 0.3 is 6.41 Å². The SMILES string of the molecule is Nc1ncc2c(n1)CN([C]=O)C2. The molecular formula is C7H7N4O. The van der Waals surface area contributed by atoms with Gasteiger partial charge in [-0.1, -0.05) is 0 Å². The number of anilines is 1. The molecule has 1 aliphatic rings. The molecule has 0 fully saturated rings. The number of aromatic nitrogens is 2. The summed E-state index contributed by atoms with van der Waals surface area (Å²) >= 11 is 0. The van der Waals surface area contributed by atoms with Crippen molar-refractivity contribution in [3.8, 4) is 0 Å². The summed E-state index contributed by atoms with van der Waals surface area (Å²) in [7, 11) is 0. The number of nitrogens with zero attached hydrogens (tertiary/aromatic N) is 3. The van der Waals surface area contributed by atoms with Gasteiger partial charge in [0.15, 0.2) is 0 Å². The molecule has 1 aromatic heterocycles. The summed E-state index contributed by atoms with van der Waals surface area (Å²) in [5.74, 6) is 0.251. The van der Waals surface area contributed by atoms with Crippen molar-refractivity contribution < 1.29 is 4.79 Å². The first-order valence-corrected chi connectivity index (χ1v) is 3.52. The molecule has 2 rings (SSSR count). The van der Waals surface area contributed by atoms with Crippen molar-refractivity contribution >= 4 is 12.4 Å². The third kappa shape index (κ3) is 0.990. The van der Waals surface area contributed by atoms with E-state index in [9.17, 15) is 4.79 Å². The van der Waals surface area contributed by atoms with Crippen LogP contribution < -0.4 is 5.73 Å². The zero-order valence-electron chi connectivity index (χ0n) is 6.32. The predicted octanol–water partition coefficient (Wildman–Crippen LogP) is -0.558. The summed E-state index contributed by atoms with van der Waals surface area (Å²) in [6.45, 7) is 1.03. The Morgan fingerprint density at radius 1 is 1.58 bits per heavy atom. The predicted molar refractivity (Wildman–Crippen MR) is 41.4 cm³/mol. The van der Waals surface area contributed by atoms with Crippen molar-refractivity contribution in [3.63, 3.8) is 0 Å². The molecule has 2 heterocycles. The van der Waals surface area contributed by atoms with E-state index < -0.39 is 0 Å². The average Bonchev–Trinajstić information content (AvgIpc) is 2.46. The standard InChI is InChI=1S/C7H7N4O/c8-7-9-1-5-2-11(4-12)3-6(5)10-7/h1H,2-3H2,(H2,8,9,10). The van der Waals surface area contributed by atoms with E-state index in [1.165, 1.54) is 4.90 Å². The Kier molecular flexibility index (Phi) is 1.43. The largest absolute Gasteiger partial charge is 0.368 e. The zero-order valence-corrected chi connectivity index (χ0v) is 6.32. The number of hydrogen-bond donors (Lipinski definition) is 1. The second-order valence-electron chi connectivity index (χ2n) is 2.65. The average molecular weight is 163 g/mol. The molecule has 0 bridgehead atoms. The van der Waals surface area contributed by atoms with Gasteiger partial charge in [0.2, 0.25) is 5.95 Å².